The van der Waals surface area contributed by atoms with E-state index in [-0.39, 0.29) is 29.3 Å². The maximum absolute atomic E-state index is 13.4. The molecule has 0 amide bonds. The molecule has 0 aliphatic rings. The van der Waals surface area contributed by atoms with Crippen LogP contribution in [0.4, 0.5) is 4.39 Å². The number of rotatable bonds is 5. The molecule has 0 unspecified atom stereocenters. The fraction of sp³-hybridized carbons (Fsp3) is 0.100. The van der Waals surface area contributed by atoms with Gasteiger partial charge in [0.25, 0.3) is 5.56 Å². The molecule has 3 aromatic heterocycles. The smallest absolute Gasteiger partial charge is 0.283 e. The standard InChI is InChI=1S/C20H13BrFN7O2/c21-14-8-13(6-7-15(14)22)18-24-16(31-26-18)10-28-11-23-19-17(20(28)30)25-27-29(19)9-12-4-2-1-3-5-12/h1-8,11H,9-10H2. The fourth-order valence-electron chi connectivity index (χ4n) is 3.08. The van der Waals surface area contributed by atoms with E-state index < -0.39 is 5.82 Å². The van der Waals surface area contributed by atoms with Crippen LogP contribution in [0.1, 0.15) is 11.5 Å². The van der Waals surface area contributed by atoms with Gasteiger partial charge in [-0.2, -0.15) is 4.98 Å². The van der Waals surface area contributed by atoms with Crippen LogP contribution in [-0.2, 0) is 13.1 Å². The van der Waals surface area contributed by atoms with E-state index in [1.165, 1.54) is 17.0 Å². The van der Waals surface area contributed by atoms with Crippen molar-refractivity contribution < 1.29 is 8.91 Å². The van der Waals surface area contributed by atoms with Crippen molar-refractivity contribution in [2.24, 2.45) is 0 Å². The number of nitrogens with zero attached hydrogens (tertiary/aromatic N) is 7. The lowest BCUT2D eigenvalue weighted by molar-refractivity contribution is 0.369. The van der Waals surface area contributed by atoms with Crippen LogP contribution in [0.25, 0.3) is 22.6 Å². The molecule has 0 radical (unpaired) electrons. The van der Waals surface area contributed by atoms with Gasteiger partial charge in [-0.05, 0) is 39.7 Å². The molecular weight excluding hydrogens is 469 g/mol. The van der Waals surface area contributed by atoms with Gasteiger partial charge >= 0.3 is 0 Å². The number of hydrogen-bond donors (Lipinski definition) is 0. The lowest BCUT2D eigenvalue weighted by Gasteiger charge is -2.03. The number of fused-ring (bicyclic) bond motifs is 1. The van der Waals surface area contributed by atoms with E-state index in [4.69, 9.17) is 4.52 Å². The SMILES string of the molecule is O=c1c2nnn(Cc3ccccc3)c2ncn1Cc1nc(-c2ccc(F)c(Br)c2)no1. The molecule has 5 aromatic rings. The molecule has 0 atom stereocenters. The van der Waals surface area contributed by atoms with E-state index in [9.17, 15) is 9.18 Å². The second-order valence-electron chi connectivity index (χ2n) is 6.72. The van der Waals surface area contributed by atoms with Crippen LogP contribution < -0.4 is 5.56 Å². The van der Waals surface area contributed by atoms with Crippen molar-refractivity contribution >= 4 is 27.1 Å². The number of benzene rings is 2. The maximum Gasteiger partial charge on any atom is 0.283 e. The second-order valence-corrected chi connectivity index (χ2v) is 7.58. The summed E-state index contributed by atoms with van der Waals surface area (Å²) in [6.45, 7) is 0.469. The Bertz CT molecular complexity index is 1450. The highest BCUT2D eigenvalue weighted by atomic mass is 79.9. The summed E-state index contributed by atoms with van der Waals surface area (Å²) < 4.78 is 21.9. The zero-order valence-corrected chi connectivity index (χ0v) is 17.4. The van der Waals surface area contributed by atoms with Crippen LogP contribution in [0.3, 0.4) is 0 Å². The first kappa shape index (κ1) is 19.2. The van der Waals surface area contributed by atoms with Gasteiger partial charge in [-0.1, -0.05) is 40.7 Å². The molecule has 11 heteroatoms. The predicted molar refractivity (Wildman–Crippen MR) is 112 cm³/mol. The van der Waals surface area contributed by atoms with Crippen LogP contribution in [0.5, 0.6) is 0 Å². The van der Waals surface area contributed by atoms with Gasteiger partial charge in [0.15, 0.2) is 11.2 Å². The Balaban J connectivity index is 1.41. The Morgan fingerprint density at radius 2 is 1.94 bits per heavy atom. The summed E-state index contributed by atoms with van der Waals surface area (Å²) in [6, 6.07) is 14.1. The van der Waals surface area contributed by atoms with Gasteiger partial charge < -0.3 is 4.52 Å². The highest BCUT2D eigenvalue weighted by molar-refractivity contribution is 9.10. The minimum absolute atomic E-state index is 0.0166. The summed E-state index contributed by atoms with van der Waals surface area (Å²) in [7, 11) is 0. The second kappa shape index (κ2) is 7.84. The Kier molecular flexibility index (Phi) is 4.86. The molecule has 0 aliphatic carbocycles. The number of aromatic nitrogens is 7. The van der Waals surface area contributed by atoms with Crippen LogP contribution >= 0.6 is 15.9 Å². The average molecular weight is 482 g/mol. The molecular formula is C20H13BrFN7O2. The van der Waals surface area contributed by atoms with E-state index >= 15 is 0 Å². The summed E-state index contributed by atoms with van der Waals surface area (Å²) in [5.41, 5.74) is 1.78. The van der Waals surface area contributed by atoms with Crippen molar-refractivity contribution in [3.05, 3.63) is 87.0 Å². The molecule has 5 rings (SSSR count). The van der Waals surface area contributed by atoms with Crippen LogP contribution in [0, 0.1) is 5.82 Å². The van der Waals surface area contributed by atoms with E-state index in [0.29, 0.717) is 22.2 Å². The lowest BCUT2D eigenvalue weighted by atomic mass is 10.2. The third kappa shape index (κ3) is 3.75. The summed E-state index contributed by atoms with van der Waals surface area (Å²) in [5.74, 6) is 0.0978. The van der Waals surface area contributed by atoms with Crippen molar-refractivity contribution in [1.82, 2.24) is 34.7 Å². The topological polar surface area (TPSA) is 105 Å². The summed E-state index contributed by atoms with van der Waals surface area (Å²) in [6.07, 6.45) is 1.40. The maximum atomic E-state index is 13.4. The third-order valence-corrected chi connectivity index (χ3v) is 5.23. The molecule has 0 bridgehead atoms. The highest BCUT2D eigenvalue weighted by Gasteiger charge is 2.15. The summed E-state index contributed by atoms with van der Waals surface area (Å²) >= 11 is 3.13. The molecule has 0 fully saturated rings. The molecule has 0 saturated heterocycles. The van der Waals surface area contributed by atoms with Gasteiger partial charge in [-0.15, -0.1) is 5.10 Å². The Morgan fingerprint density at radius 1 is 1.10 bits per heavy atom. The number of hydrogen-bond acceptors (Lipinski definition) is 7. The fourth-order valence-corrected chi connectivity index (χ4v) is 3.46. The van der Waals surface area contributed by atoms with Crippen molar-refractivity contribution in [3.63, 3.8) is 0 Å². The van der Waals surface area contributed by atoms with Gasteiger partial charge in [0.1, 0.15) is 18.7 Å². The molecule has 0 N–H and O–H groups in total. The minimum Gasteiger partial charge on any atom is -0.337 e. The van der Waals surface area contributed by atoms with Gasteiger partial charge in [-0.3, -0.25) is 9.36 Å². The molecule has 2 aromatic carbocycles. The highest BCUT2D eigenvalue weighted by Crippen LogP contribution is 2.23. The zero-order chi connectivity index (χ0) is 21.4. The first-order valence-corrected chi connectivity index (χ1v) is 9.98. The van der Waals surface area contributed by atoms with Gasteiger partial charge in [0, 0.05) is 5.56 Å². The van der Waals surface area contributed by atoms with Crippen LogP contribution in [0.2, 0.25) is 0 Å². The van der Waals surface area contributed by atoms with Crippen molar-refractivity contribution in [1.29, 1.82) is 0 Å². The Hall–Kier alpha value is -3.73. The predicted octanol–water partition coefficient (Wildman–Crippen LogP) is 3.04. The zero-order valence-electron chi connectivity index (χ0n) is 15.8. The normalized spacial score (nSPS) is 11.3. The molecule has 0 aliphatic heterocycles. The van der Waals surface area contributed by atoms with Crippen molar-refractivity contribution in [2.75, 3.05) is 0 Å². The largest absolute Gasteiger partial charge is 0.337 e. The average Bonchev–Trinajstić information content (AvgIpc) is 3.41. The summed E-state index contributed by atoms with van der Waals surface area (Å²) in [4.78, 5) is 21.4. The summed E-state index contributed by atoms with van der Waals surface area (Å²) in [5, 5.41) is 12.0. The van der Waals surface area contributed by atoms with Gasteiger partial charge in [-0.25, -0.2) is 14.1 Å². The van der Waals surface area contributed by atoms with Crippen molar-refractivity contribution in [2.45, 2.75) is 13.1 Å². The monoisotopic (exact) mass is 481 g/mol. The van der Waals surface area contributed by atoms with Gasteiger partial charge in [0.2, 0.25) is 11.7 Å². The molecule has 3 heterocycles. The van der Waals surface area contributed by atoms with E-state index in [1.54, 1.807) is 16.8 Å². The first-order valence-electron chi connectivity index (χ1n) is 9.19. The van der Waals surface area contributed by atoms with Gasteiger partial charge in [0.05, 0.1) is 11.0 Å². The molecule has 9 nitrogen and oxygen atoms in total. The van der Waals surface area contributed by atoms with E-state index in [2.05, 4.69) is 41.4 Å². The van der Waals surface area contributed by atoms with Crippen LogP contribution in [-0.4, -0.2) is 34.7 Å². The molecule has 0 saturated carbocycles. The minimum atomic E-state index is -0.390. The Labute approximate surface area is 182 Å². The van der Waals surface area contributed by atoms with E-state index in [1.807, 2.05) is 30.3 Å². The number of halogens is 2. The van der Waals surface area contributed by atoms with Crippen molar-refractivity contribution in [3.8, 4) is 11.4 Å². The molecule has 31 heavy (non-hydrogen) atoms. The Morgan fingerprint density at radius 3 is 2.74 bits per heavy atom. The lowest BCUT2D eigenvalue weighted by Crippen LogP contribution is -2.21. The third-order valence-electron chi connectivity index (χ3n) is 4.62. The quantitative estimate of drug-likeness (QED) is 0.379. The molecule has 154 valence electrons. The first-order chi connectivity index (χ1) is 15.1. The van der Waals surface area contributed by atoms with Crippen LogP contribution in [0.15, 0.2) is 68.6 Å². The molecule has 0 spiro atoms. The van der Waals surface area contributed by atoms with E-state index in [0.717, 1.165) is 5.56 Å².